The fourth-order valence-corrected chi connectivity index (χ4v) is 3.10. The van der Waals surface area contributed by atoms with Gasteiger partial charge in [-0.15, -0.1) is 11.6 Å². The maximum absolute atomic E-state index is 5.93. The van der Waals surface area contributed by atoms with E-state index in [4.69, 9.17) is 46.4 Å². The molecule has 0 N–H and O–H groups in total. The fourth-order valence-electron chi connectivity index (χ4n) is 1.06. The molecule has 0 aromatic rings. The summed E-state index contributed by atoms with van der Waals surface area (Å²) in [4.78, 5) is 0. The Labute approximate surface area is 89.3 Å². The van der Waals surface area contributed by atoms with Gasteiger partial charge in [-0.1, -0.05) is 40.0 Å². The maximum Gasteiger partial charge on any atom is 0.169 e. The molecule has 0 saturated heterocycles. The second kappa shape index (κ2) is 3.47. The first kappa shape index (κ1) is 10.2. The summed E-state index contributed by atoms with van der Waals surface area (Å²) in [5, 5.41) is 1.48. The maximum atomic E-state index is 5.93. The van der Waals surface area contributed by atoms with Crippen LogP contribution >= 0.6 is 46.4 Å². The standard InChI is InChI=1S/C6H8Cl4Si/c7-4-2-1-3(11)5(8)6(4,9)10/h4H,1-2H2,11H3. The average Bonchev–Trinajstić information content (AvgIpc) is 1.95. The van der Waals surface area contributed by atoms with Crippen molar-refractivity contribution >= 4 is 56.6 Å². The van der Waals surface area contributed by atoms with Gasteiger partial charge in [0.2, 0.25) is 0 Å². The molecule has 0 fully saturated rings. The van der Waals surface area contributed by atoms with Crippen LogP contribution in [0.4, 0.5) is 0 Å². The highest BCUT2D eigenvalue weighted by molar-refractivity contribution is 6.60. The van der Waals surface area contributed by atoms with Gasteiger partial charge in [-0.25, -0.2) is 0 Å². The molecule has 0 aromatic carbocycles. The number of hydrogen-bond acceptors (Lipinski definition) is 0. The van der Waals surface area contributed by atoms with Crippen molar-refractivity contribution in [2.75, 3.05) is 0 Å². The van der Waals surface area contributed by atoms with Gasteiger partial charge in [-0.05, 0) is 12.8 Å². The van der Waals surface area contributed by atoms with Crippen LogP contribution in [0.15, 0.2) is 10.2 Å². The van der Waals surface area contributed by atoms with Gasteiger partial charge in [0.05, 0.1) is 5.38 Å². The van der Waals surface area contributed by atoms with Crippen molar-refractivity contribution in [3.05, 3.63) is 10.2 Å². The number of allylic oxidation sites excluding steroid dienone is 2. The molecule has 0 aromatic heterocycles. The molecule has 0 amide bonds. The summed E-state index contributed by atoms with van der Waals surface area (Å²) in [5.74, 6) is 0. The SMILES string of the molecule is [SiH3]C1=C(Cl)C(Cl)(Cl)C(Cl)CC1. The molecule has 11 heavy (non-hydrogen) atoms. The first-order valence-electron chi connectivity index (χ1n) is 3.34. The van der Waals surface area contributed by atoms with E-state index in [9.17, 15) is 0 Å². The Morgan fingerprint density at radius 2 is 2.00 bits per heavy atom. The van der Waals surface area contributed by atoms with Gasteiger partial charge in [0, 0.05) is 15.3 Å². The van der Waals surface area contributed by atoms with Crippen LogP contribution in [0.3, 0.4) is 0 Å². The minimum atomic E-state index is -1.04. The molecule has 0 aliphatic heterocycles. The van der Waals surface area contributed by atoms with Crippen LogP contribution in [0.5, 0.6) is 0 Å². The van der Waals surface area contributed by atoms with Crippen molar-refractivity contribution in [2.24, 2.45) is 0 Å². The lowest BCUT2D eigenvalue weighted by Gasteiger charge is -2.30. The van der Waals surface area contributed by atoms with E-state index in [1.165, 1.54) is 5.20 Å². The Balaban J connectivity index is 2.98. The smallest absolute Gasteiger partial charge is 0.119 e. The van der Waals surface area contributed by atoms with Gasteiger partial charge < -0.3 is 0 Å². The largest absolute Gasteiger partial charge is 0.169 e. The summed E-state index contributed by atoms with van der Waals surface area (Å²) in [6, 6.07) is 0. The van der Waals surface area contributed by atoms with Crippen LogP contribution in [0, 0.1) is 0 Å². The van der Waals surface area contributed by atoms with Gasteiger partial charge in [0.1, 0.15) is 0 Å². The van der Waals surface area contributed by atoms with Gasteiger partial charge in [-0.2, -0.15) is 0 Å². The van der Waals surface area contributed by atoms with E-state index in [1.54, 1.807) is 0 Å². The van der Waals surface area contributed by atoms with Crippen LogP contribution in [0.25, 0.3) is 0 Å². The van der Waals surface area contributed by atoms with E-state index >= 15 is 0 Å². The molecule has 5 heteroatoms. The highest BCUT2D eigenvalue weighted by Gasteiger charge is 2.40. The Morgan fingerprint density at radius 3 is 2.45 bits per heavy atom. The second-order valence-corrected chi connectivity index (χ2v) is 6.22. The molecule has 1 aliphatic rings. The van der Waals surface area contributed by atoms with Gasteiger partial charge in [0.15, 0.2) is 4.33 Å². The van der Waals surface area contributed by atoms with Crippen molar-refractivity contribution in [2.45, 2.75) is 22.6 Å². The molecule has 64 valence electrons. The van der Waals surface area contributed by atoms with Crippen LogP contribution in [-0.2, 0) is 0 Å². The number of alkyl halides is 3. The number of hydrogen-bond donors (Lipinski definition) is 0. The summed E-state index contributed by atoms with van der Waals surface area (Å²) < 4.78 is -1.04. The van der Waals surface area contributed by atoms with Crippen molar-refractivity contribution in [1.29, 1.82) is 0 Å². The Kier molecular flexibility index (Phi) is 3.21. The van der Waals surface area contributed by atoms with Crippen molar-refractivity contribution in [3.63, 3.8) is 0 Å². The first-order chi connectivity index (χ1) is 4.96. The molecule has 0 radical (unpaired) electrons. The van der Waals surface area contributed by atoms with Crippen LogP contribution < -0.4 is 0 Å². The Bertz CT molecular complexity index is 199. The van der Waals surface area contributed by atoms with Gasteiger partial charge in [0.25, 0.3) is 0 Å². The zero-order chi connectivity index (χ0) is 8.65. The van der Waals surface area contributed by atoms with E-state index in [0.717, 1.165) is 23.1 Å². The molecular formula is C6H8Cl4Si. The van der Waals surface area contributed by atoms with Crippen LogP contribution in [0.1, 0.15) is 12.8 Å². The summed E-state index contributed by atoms with van der Waals surface area (Å²) in [6.45, 7) is 0. The summed E-state index contributed by atoms with van der Waals surface area (Å²) in [5.41, 5.74) is 0. The van der Waals surface area contributed by atoms with Crippen molar-refractivity contribution < 1.29 is 0 Å². The lowest BCUT2D eigenvalue weighted by Crippen LogP contribution is -2.31. The van der Waals surface area contributed by atoms with E-state index < -0.39 is 4.33 Å². The predicted molar refractivity (Wildman–Crippen MR) is 56.1 cm³/mol. The van der Waals surface area contributed by atoms with Crippen molar-refractivity contribution in [3.8, 4) is 0 Å². The van der Waals surface area contributed by atoms with Gasteiger partial charge >= 0.3 is 0 Å². The van der Waals surface area contributed by atoms with Crippen LogP contribution in [-0.4, -0.2) is 20.0 Å². The molecule has 0 spiro atoms. The summed E-state index contributed by atoms with van der Waals surface area (Å²) in [7, 11) is 0.917. The average molecular weight is 250 g/mol. The topological polar surface area (TPSA) is 0 Å². The first-order valence-corrected chi connectivity index (χ1v) is 5.91. The van der Waals surface area contributed by atoms with E-state index in [2.05, 4.69) is 0 Å². The highest BCUT2D eigenvalue weighted by atomic mass is 35.5. The predicted octanol–water partition coefficient (Wildman–Crippen LogP) is 2.38. The Morgan fingerprint density at radius 1 is 1.45 bits per heavy atom. The molecule has 0 saturated carbocycles. The second-order valence-electron chi connectivity index (χ2n) is 2.72. The van der Waals surface area contributed by atoms with E-state index in [-0.39, 0.29) is 5.38 Å². The summed E-state index contributed by atoms with van der Waals surface area (Å²) >= 11 is 23.7. The molecule has 0 bridgehead atoms. The third-order valence-corrected chi connectivity index (χ3v) is 5.64. The fraction of sp³-hybridized carbons (Fsp3) is 0.667. The molecule has 1 unspecified atom stereocenters. The number of halogens is 4. The minimum Gasteiger partial charge on any atom is -0.119 e. The third kappa shape index (κ3) is 1.89. The molecule has 0 heterocycles. The van der Waals surface area contributed by atoms with Crippen molar-refractivity contribution in [1.82, 2.24) is 0 Å². The van der Waals surface area contributed by atoms with Gasteiger partial charge in [-0.3, -0.25) is 0 Å². The quantitative estimate of drug-likeness (QED) is 0.457. The highest BCUT2D eigenvalue weighted by Crippen LogP contribution is 2.45. The zero-order valence-electron chi connectivity index (χ0n) is 6.00. The third-order valence-electron chi connectivity index (χ3n) is 1.83. The number of rotatable bonds is 0. The lowest BCUT2D eigenvalue weighted by molar-refractivity contribution is 0.692. The molecule has 1 atom stereocenters. The lowest BCUT2D eigenvalue weighted by atomic mass is 10.1. The zero-order valence-corrected chi connectivity index (χ0v) is 11.0. The molecule has 1 rings (SSSR count). The van der Waals surface area contributed by atoms with Crippen LogP contribution in [0.2, 0.25) is 0 Å². The van der Waals surface area contributed by atoms with E-state index in [1.807, 2.05) is 0 Å². The molecule has 1 aliphatic carbocycles. The minimum absolute atomic E-state index is 0.254. The normalized spacial score (nSPS) is 31.1. The van der Waals surface area contributed by atoms with E-state index in [0.29, 0.717) is 5.03 Å². The molecular weight excluding hydrogens is 242 g/mol. The summed E-state index contributed by atoms with van der Waals surface area (Å²) in [6.07, 6.45) is 1.77. The Hall–Kier alpha value is 1.12. The molecule has 0 nitrogen and oxygen atoms in total. The monoisotopic (exact) mass is 248 g/mol.